The number of aromatic nitrogens is 2. The summed E-state index contributed by atoms with van der Waals surface area (Å²) in [6.07, 6.45) is 3.96. The van der Waals surface area contributed by atoms with E-state index < -0.39 is 10.0 Å². The SMILES string of the molecule is CC(=O)N1CCCc2cc(S(=O)(=O)N3CCc4[nH]ncc4C3)ccc21. The third-order valence-electron chi connectivity index (χ3n) is 4.95. The summed E-state index contributed by atoms with van der Waals surface area (Å²) in [6.45, 7) is 3.00. The minimum atomic E-state index is -3.57. The summed E-state index contributed by atoms with van der Waals surface area (Å²) in [4.78, 5) is 13.8. The van der Waals surface area contributed by atoms with Gasteiger partial charge in [0.25, 0.3) is 0 Å². The van der Waals surface area contributed by atoms with E-state index in [1.165, 1.54) is 11.2 Å². The monoisotopic (exact) mass is 360 g/mol. The molecule has 0 saturated carbocycles. The maximum Gasteiger partial charge on any atom is 0.243 e. The number of hydrogen-bond donors (Lipinski definition) is 1. The number of hydrogen-bond acceptors (Lipinski definition) is 4. The molecule has 0 fully saturated rings. The Bertz CT molecular complexity index is 935. The van der Waals surface area contributed by atoms with Crippen molar-refractivity contribution < 1.29 is 13.2 Å². The molecule has 2 aliphatic heterocycles. The van der Waals surface area contributed by atoms with Crippen LogP contribution < -0.4 is 4.90 Å². The van der Waals surface area contributed by atoms with Gasteiger partial charge < -0.3 is 4.90 Å². The number of benzene rings is 1. The van der Waals surface area contributed by atoms with Crippen LogP contribution in [0.15, 0.2) is 29.3 Å². The zero-order valence-corrected chi connectivity index (χ0v) is 14.8. The van der Waals surface area contributed by atoms with Gasteiger partial charge in [-0.25, -0.2) is 8.42 Å². The predicted octanol–water partition coefficient (Wildman–Crippen LogP) is 1.46. The van der Waals surface area contributed by atoms with Crippen molar-refractivity contribution in [2.75, 3.05) is 18.0 Å². The van der Waals surface area contributed by atoms with E-state index in [1.807, 2.05) is 0 Å². The van der Waals surface area contributed by atoms with Crippen molar-refractivity contribution in [1.82, 2.24) is 14.5 Å². The van der Waals surface area contributed by atoms with Crippen molar-refractivity contribution in [2.45, 2.75) is 37.6 Å². The van der Waals surface area contributed by atoms with E-state index in [0.29, 0.717) is 31.0 Å². The summed E-state index contributed by atoms with van der Waals surface area (Å²) in [6, 6.07) is 5.10. The first kappa shape index (κ1) is 16.3. The molecule has 0 radical (unpaired) electrons. The quantitative estimate of drug-likeness (QED) is 0.878. The van der Waals surface area contributed by atoms with Gasteiger partial charge in [0.15, 0.2) is 0 Å². The molecule has 7 nitrogen and oxygen atoms in total. The molecule has 1 amide bonds. The van der Waals surface area contributed by atoms with Crippen LogP contribution in [-0.4, -0.2) is 41.9 Å². The van der Waals surface area contributed by atoms with E-state index in [4.69, 9.17) is 0 Å². The topological polar surface area (TPSA) is 86.4 Å². The average molecular weight is 360 g/mol. The number of aromatic amines is 1. The molecule has 25 heavy (non-hydrogen) atoms. The third-order valence-corrected chi connectivity index (χ3v) is 6.79. The van der Waals surface area contributed by atoms with Crippen LogP contribution in [0, 0.1) is 0 Å². The number of carbonyl (C=O) groups excluding carboxylic acids is 1. The molecular formula is C17H20N4O3S. The molecule has 1 N–H and O–H groups in total. The van der Waals surface area contributed by atoms with Crippen LogP contribution in [0.5, 0.6) is 0 Å². The molecule has 0 saturated heterocycles. The van der Waals surface area contributed by atoms with Gasteiger partial charge in [0.2, 0.25) is 15.9 Å². The van der Waals surface area contributed by atoms with Crippen LogP contribution in [0.2, 0.25) is 0 Å². The Morgan fingerprint density at radius 3 is 2.84 bits per heavy atom. The first-order valence-corrected chi connectivity index (χ1v) is 9.83. The lowest BCUT2D eigenvalue weighted by molar-refractivity contribution is -0.116. The molecule has 1 aromatic carbocycles. The number of nitrogens with one attached hydrogen (secondary N) is 1. The van der Waals surface area contributed by atoms with Crippen LogP contribution in [0.1, 0.15) is 30.2 Å². The van der Waals surface area contributed by atoms with Gasteiger partial charge >= 0.3 is 0 Å². The molecule has 0 bridgehead atoms. The number of carbonyl (C=O) groups is 1. The summed E-state index contributed by atoms with van der Waals surface area (Å²) in [7, 11) is -3.57. The number of nitrogens with zero attached hydrogens (tertiary/aromatic N) is 3. The van der Waals surface area contributed by atoms with Gasteiger partial charge in [-0.2, -0.15) is 9.40 Å². The standard InChI is InChI=1S/C17H20N4O3S/c1-12(22)21-7-2-3-13-9-15(4-5-17(13)21)25(23,24)20-8-6-16-14(11-20)10-18-19-16/h4-5,9-10H,2-3,6-8,11H2,1H3,(H,18,19). The van der Waals surface area contributed by atoms with Crippen LogP contribution in [0.3, 0.4) is 0 Å². The normalized spacial score (nSPS) is 17.9. The van der Waals surface area contributed by atoms with Gasteiger partial charge in [0.05, 0.1) is 11.1 Å². The minimum Gasteiger partial charge on any atom is -0.312 e. The van der Waals surface area contributed by atoms with Crippen LogP contribution in [0.25, 0.3) is 0 Å². The van der Waals surface area contributed by atoms with Crippen LogP contribution >= 0.6 is 0 Å². The van der Waals surface area contributed by atoms with Gasteiger partial charge in [-0.05, 0) is 36.6 Å². The largest absolute Gasteiger partial charge is 0.312 e. The minimum absolute atomic E-state index is 0.0138. The Morgan fingerprint density at radius 2 is 2.04 bits per heavy atom. The number of H-pyrrole nitrogens is 1. The lowest BCUT2D eigenvalue weighted by atomic mass is 10.0. The van der Waals surface area contributed by atoms with E-state index in [2.05, 4.69) is 10.2 Å². The lowest BCUT2D eigenvalue weighted by Gasteiger charge is -2.30. The lowest BCUT2D eigenvalue weighted by Crippen LogP contribution is -2.36. The molecule has 4 rings (SSSR count). The number of amides is 1. The molecule has 8 heteroatoms. The molecule has 0 aliphatic carbocycles. The fourth-order valence-electron chi connectivity index (χ4n) is 3.61. The zero-order valence-electron chi connectivity index (χ0n) is 14.0. The summed E-state index contributed by atoms with van der Waals surface area (Å²) in [5.41, 5.74) is 3.68. The molecule has 1 aromatic heterocycles. The number of sulfonamides is 1. The van der Waals surface area contributed by atoms with Crippen molar-refractivity contribution in [2.24, 2.45) is 0 Å². The van der Waals surface area contributed by atoms with Gasteiger partial charge in [-0.1, -0.05) is 0 Å². The van der Waals surface area contributed by atoms with E-state index >= 15 is 0 Å². The number of fused-ring (bicyclic) bond motifs is 2. The zero-order chi connectivity index (χ0) is 17.6. The summed E-state index contributed by atoms with van der Waals surface area (Å²) in [5, 5.41) is 6.91. The fourth-order valence-corrected chi connectivity index (χ4v) is 5.08. The highest BCUT2D eigenvalue weighted by molar-refractivity contribution is 7.89. The average Bonchev–Trinajstić information content (AvgIpc) is 3.08. The fraction of sp³-hybridized carbons (Fsp3) is 0.412. The van der Waals surface area contributed by atoms with Crippen molar-refractivity contribution in [3.63, 3.8) is 0 Å². The molecule has 3 heterocycles. The Hall–Kier alpha value is -2.19. The molecule has 0 unspecified atom stereocenters. The second kappa shape index (κ2) is 5.96. The Balaban J connectivity index is 1.67. The molecule has 2 aliphatic rings. The smallest absolute Gasteiger partial charge is 0.243 e. The van der Waals surface area contributed by atoms with Crippen LogP contribution in [-0.2, 0) is 34.2 Å². The number of rotatable bonds is 2. The molecule has 132 valence electrons. The highest BCUT2D eigenvalue weighted by Crippen LogP contribution is 2.31. The van der Waals surface area contributed by atoms with Gasteiger partial charge in [0, 0.05) is 49.9 Å². The number of anilines is 1. The first-order chi connectivity index (χ1) is 12.0. The molecular weight excluding hydrogens is 340 g/mol. The predicted molar refractivity (Wildman–Crippen MR) is 92.7 cm³/mol. The summed E-state index contributed by atoms with van der Waals surface area (Å²) in [5.74, 6) is -0.0138. The highest BCUT2D eigenvalue weighted by Gasteiger charge is 2.30. The van der Waals surface area contributed by atoms with E-state index in [0.717, 1.165) is 35.3 Å². The first-order valence-electron chi connectivity index (χ1n) is 8.39. The van der Waals surface area contributed by atoms with Crippen LogP contribution in [0.4, 0.5) is 5.69 Å². The number of aryl methyl sites for hydroxylation is 1. The van der Waals surface area contributed by atoms with E-state index in [9.17, 15) is 13.2 Å². The molecule has 0 spiro atoms. The van der Waals surface area contributed by atoms with Gasteiger partial charge in [0.1, 0.15) is 0 Å². The second-order valence-corrected chi connectivity index (χ2v) is 8.47. The Morgan fingerprint density at radius 1 is 1.20 bits per heavy atom. The van der Waals surface area contributed by atoms with Gasteiger partial charge in [-0.15, -0.1) is 0 Å². The van der Waals surface area contributed by atoms with Crippen molar-refractivity contribution in [3.05, 3.63) is 41.2 Å². The van der Waals surface area contributed by atoms with Crippen molar-refractivity contribution in [3.8, 4) is 0 Å². The highest BCUT2D eigenvalue weighted by atomic mass is 32.2. The van der Waals surface area contributed by atoms with E-state index in [-0.39, 0.29) is 5.91 Å². The third kappa shape index (κ3) is 2.75. The van der Waals surface area contributed by atoms with Crippen molar-refractivity contribution in [1.29, 1.82) is 0 Å². The van der Waals surface area contributed by atoms with Crippen molar-refractivity contribution >= 4 is 21.6 Å². The molecule has 0 atom stereocenters. The van der Waals surface area contributed by atoms with Gasteiger partial charge in [-0.3, -0.25) is 9.89 Å². The Kier molecular flexibility index (Phi) is 3.88. The summed E-state index contributed by atoms with van der Waals surface area (Å²) < 4.78 is 27.6. The maximum atomic E-state index is 13.0. The summed E-state index contributed by atoms with van der Waals surface area (Å²) >= 11 is 0. The molecule has 2 aromatic rings. The second-order valence-electron chi connectivity index (χ2n) is 6.53. The Labute approximate surface area is 146 Å². The van der Waals surface area contributed by atoms with E-state index in [1.54, 1.807) is 29.3 Å². The maximum absolute atomic E-state index is 13.0.